The zero-order valence-electron chi connectivity index (χ0n) is 20.1. The number of carbonyl (C=O) groups is 3. The Labute approximate surface area is 200 Å². The smallest absolute Gasteiger partial charge is 0.325 e. The SMILES string of the molecule is CC1CC(C)(C)CC2(C1)NC(=O)N(CC(=O)NCc1cccc(COCc3ccco3)c1)C2=O. The molecule has 1 spiro atoms. The first-order valence-corrected chi connectivity index (χ1v) is 11.7. The number of ether oxygens (including phenoxy) is 1. The minimum absolute atomic E-state index is 0.0500. The first-order chi connectivity index (χ1) is 16.2. The molecule has 2 aliphatic rings. The molecule has 2 fully saturated rings. The van der Waals surface area contributed by atoms with Gasteiger partial charge in [-0.3, -0.25) is 14.5 Å². The normalized spacial score (nSPS) is 23.9. The lowest BCUT2D eigenvalue weighted by Gasteiger charge is -2.43. The number of imide groups is 1. The summed E-state index contributed by atoms with van der Waals surface area (Å²) in [6, 6.07) is 10.9. The Balaban J connectivity index is 1.29. The van der Waals surface area contributed by atoms with Gasteiger partial charge in [-0.25, -0.2) is 4.79 Å². The summed E-state index contributed by atoms with van der Waals surface area (Å²) in [6.45, 7) is 7.16. The van der Waals surface area contributed by atoms with E-state index in [2.05, 4.69) is 31.4 Å². The van der Waals surface area contributed by atoms with E-state index in [1.54, 1.807) is 6.26 Å². The number of nitrogens with one attached hydrogen (secondary N) is 2. The number of rotatable bonds is 8. The van der Waals surface area contributed by atoms with Crippen LogP contribution in [0.2, 0.25) is 0 Å². The molecule has 182 valence electrons. The zero-order valence-corrected chi connectivity index (χ0v) is 20.1. The largest absolute Gasteiger partial charge is 0.467 e. The maximum Gasteiger partial charge on any atom is 0.325 e. The molecule has 1 saturated carbocycles. The lowest BCUT2D eigenvalue weighted by atomic mass is 9.64. The highest BCUT2D eigenvalue weighted by molar-refractivity contribution is 6.09. The molecule has 1 aliphatic heterocycles. The minimum atomic E-state index is -0.900. The Hall–Kier alpha value is -3.13. The van der Waals surface area contributed by atoms with Gasteiger partial charge in [0.1, 0.15) is 24.5 Å². The van der Waals surface area contributed by atoms with Crippen LogP contribution in [0.15, 0.2) is 47.1 Å². The topological polar surface area (TPSA) is 101 Å². The monoisotopic (exact) mass is 467 g/mol. The molecule has 2 N–H and O–H groups in total. The molecule has 34 heavy (non-hydrogen) atoms. The van der Waals surface area contributed by atoms with Crippen LogP contribution in [0.3, 0.4) is 0 Å². The van der Waals surface area contributed by atoms with Crippen molar-refractivity contribution in [3.63, 3.8) is 0 Å². The Morgan fingerprint density at radius 3 is 2.71 bits per heavy atom. The second-order valence-corrected chi connectivity index (χ2v) is 10.4. The fraction of sp³-hybridized carbons (Fsp3) is 0.500. The fourth-order valence-corrected chi connectivity index (χ4v) is 5.54. The van der Waals surface area contributed by atoms with Crippen LogP contribution in [-0.4, -0.2) is 34.8 Å². The van der Waals surface area contributed by atoms with Crippen LogP contribution >= 0.6 is 0 Å². The molecule has 4 amide bonds. The van der Waals surface area contributed by atoms with E-state index in [9.17, 15) is 14.4 Å². The second-order valence-electron chi connectivity index (χ2n) is 10.4. The lowest BCUT2D eigenvalue weighted by Crippen LogP contribution is -2.54. The summed E-state index contributed by atoms with van der Waals surface area (Å²) in [4.78, 5) is 39.5. The molecule has 2 heterocycles. The molecular weight excluding hydrogens is 434 g/mol. The Morgan fingerprint density at radius 2 is 1.97 bits per heavy atom. The Morgan fingerprint density at radius 1 is 1.18 bits per heavy atom. The summed E-state index contributed by atoms with van der Waals surface area (Å²) in [5, 5.41) is 5.73. The predicted molar refractivity (Wildman–Crippen MR) is 125 cm³/mol. The maximum absolute atomic E-state index is 13.2. The second kappa shape index (κ2) is 9.62. The maximum atomic E-state index is 13.2. The number of nitrogens with zero attached hydrogens (tertiary/aromatic N) is 1. The molecule has 0 radical (unpaired) electrons. The van der Waals surface area contributed by atoms with Gasteiger partial charge < -0.3 is 19.8 Å². The molecule has 8 heteroatoms. The van der Waals surface area contributed by atoms with Crippen LogP contribution in [0.4, 0.5) is 4.79 Å². The number of carbonyl (C=O) groups excluding carboxylic acids is 3. The molecule has 2 unspecified atom stereocenters. The number of benzene rings is 1. The van der Waals surface area contributed by atoms with Crippen LogP contribution in [0, 0.1) is 11.3 Å². The van der Waals surface area contributed by atoms with E-state index in [0.29, 0.717) is 38.5 Å². The number of furan rings is 1. The van der Waals surface area contributed by atoms with Crippen molar-refractivity contribution in [1.82, 2.24) is 15.5 Å². The van der Waals surface area contributed by atoms with E-state index in [1.807, 2.05) is 36.4 Å². The Bertz CT molecular complexity index is 1050. The van der Waals surface area contributed by atoms with Crippen LogP contribution in [0.25, 0.3) is 0 Å². The van der Waals surface area contributed by atoms with Gasteiger partial charge in [0, 0.05) is 6.54 Å². The molecular formula is C26H33N3O5. The van der Waals surface area contributed by atoms with Gasteiger partial charge in [0.05, 0.1) is 12.9 Å². The number of hydrogen-bond acceptors (Lipinski definition) is 5. The van der Waals surface area contributed by atoms with Gasteiger partial charge in [0.15, 0.2) is 0 Å². The van der Waals surface area contributed by atoms with Crippen molar-refractivity contribution < 1.29 is 23.5 Å². The first-order valence-electron chi connectivity index (χ1n) is 11.7. The van der Waals surface area contributed by atoms with Gasteiger partial charge >= 0.3 is 6.03 Å². The van der Waals surface area contributed by atoms with E-state index in [4.69, 9.17) is 9.15 Å². The van der Waals surface area contributed by atoms with Crippen molar-refractivity contribution in [3.05, 3.63) is 59.5 Å². The van der Waals surface area contributed by atoms with Gasteiger partial charge in [-0.1, -0.05) is 45.0 Å². The predicted octanol–water partition coefficient (Wildman–Crippen LogP) is 3.75. The van der Waals surface area contributed by atoms with Gasteiger partial charge in [-0.05, 0) is 53.9 Å². The van der Waals surface area contributed by atoms with Crippen LogP contribution in [0.1, 0.15) is 56.9 Å². The van der Waals surface area contributed by atoms with Gasteiger partial charge in [-0.15, -0.1) is 0 Å². The molecule has 2 atom stereocenters. The fourth-order valence-electron chi connectivity index (χ4n) is 5.54. The van der Waals surface area contributed by atoms with Gasteiger partial charge in [0.25, 0.3) is 5.91 Å². The van der Waals surface area contributed by atoms with Crippen molar-refractivity contribution in [2.24, 2.45) is 11.3 Å². The molecule has 1 aromatic carbocycles. The average Bonchev–Trinajstić information content (AvgIpc) is 3.34. The summed E-state index contributed by atoms with van der Waals surface area (Å²) >= 11 is 0. The van der Waals surface area contributed by atoms with Crippen molar-refractivity contribution in [1.29, 1.82) is 0 Å². The third kappa shape index (κ3) is 5.50. The summed E-state index contributed by atoms with van der Waals surface area (Å²) in [5.74, 6) is 0.417. The van der Waals surface area contributed by atoms with E-state index < -0.39 is 11.6 Å². The Kier molecular flexibility index (Phi) is 6.79. The van der Waals surface area contributed by atoms with Crippen molar-refractivity contribution >= 4 is 17.8 Å². The third-order valence-electron chi connectivity index (χ3n) is 6.50. The number of hydrogen-bond donors (Lipinski definition) is 2. The van der Waals surface area contributed by atoms with Crippen molar-refractivity contribution in [2.75, 3.05) is 6.54 Å². The van der Waals surface area contributed by atoms with Gasteiger partial charge in [-0.2, -0.15) is 0 Å². The molecule has 4 rings (SSSR count). The summed E-state index contributed by atoms with van der Waals surface area (Å²) in [6.07, 6.45) is 3.80. The molecule has 1 aliphatic carbocycles. The molecule has 2 aromatic rings. The number of amides is 4. The van der Waals surface area contributed by atoms with Crippen LogP contribution in [0.5, 0.6) is 0 Å². The first kappa shape index (κ1) is 24.0. The molecule has 1 aromatic heterocycles. The van der Waals surface area contributed by atoms with E-state index in [0.717, 1.165) is 28.2 Å². The highest BCUT2D eigenvalue weighted by atomic mass is 16.5. The van der Waals surface area contributed by atoms with Crippen molar-refractivity contribution in [2.45, 2.75) is 65.3 Å². The van der Waals surface area contributed by atoms with E-state index in [1.165, 1.54) is 0 Å². The molecule has 1 saturated heterocycles. The van der Waals surface area contributed by atoms with Crippen LogP contribution in [-0.2, 0) is 34.1 Å². The highest BCUT2D eigenvalue weighted by Crippen LogP contribution is 2.46. The van der Waals surface area contributed by atoms with Crippen molar-refractivity contribution in [3.8, 4) is 0 Å². The third-order valence-corrected chi connectivity index (χ3v) is 6.50. The van der Waals surface area contributed by atoms with Crippen LogP contribution < -0.4 is 10.6 Å². The van der Waals surface area contributed by atoms with Gasteiger partial charge in [0.2, 0.25) is 5.91 Å². The highest BCUT2D eigenvalue weighted by Gasteiger charge is 2.56. The molecule has 8 nitrogen and oxygen atoms in total. The lowest BCUT2D eigenvalue weighted by molar-refractivity contribution is -0.137. The number of urea groups is 1. The van der Waals surface area contributed by atoms with E-state index >= 15 is 0 Å². The summed E-state index contributed by atoms with van der Waals surface area (Å²) < 4.78 is 10.9. The zero-order chi connectivity index (χ0) is 24.3. The average molecular weight is 468 g/mol. The van der Waals surface area contributed by atoms with E-state index in [-0.39, 0.29) is 23.8 Å². The summed E-state index contributed by atoms with van der Waals surface area (Å²) in [5.41, 5.74) is 0.931. The summed E-state index contributed by atoms with van der Waals surface area (Å²) in [7, 11) is 0. The standard InChI is InChI=1S/C26H33N3O5/c1-18-11-25(2,3)17-26(12-18)23(31)29(24(32)28-26)14-22(30)27-13-19-6-4-7-20(10-19)15-33-16-21-8-5-9-34-21/h4-10,18H,11-17H2,1-3H3,(H,27,30)(H,28,32). The minimum Gasteiger partial charge on any atom is -0.467 e. The quantitative estimate of drug-likeness (QED) is 0.576. The molecule has 0 bridgehead atoms.